The summed E-state index contributed by atoms with van der Waals surface area (Å²) in [5, 5.41) is 3.54. The van der Waals surface area contributed by atoms with Gasteiger partial charge in [-0.2, -0.15) is 0 Å². The molecule has 148 valence electrons. The van der Waals surface area contributed by atoms with Gasteiger partial charge >= 0.3 is 0 Å². The normalized spacial score (nSPS) is 17.8. The molecule has 0 aliphatic carbocycles. The molecule has 2 rings (SSSR count). The number of nitrogens with one attached hydrogen (secondary N) is 1. The zero-order valence-corrected chi connectivity index (χ0v) is 18.4. The first-order chi connectivity index (χ1) is 13.0. The third-order valence-electron chi connectivity index (χ3n) is 5.43. The number of likely N-dealkylation sites (N-methyl/N-ethyl adjacent to an activating group) is 1. The number of rotatable bonds is 9. The van der Waals surface area contributed by atoms with Crippen LogP contribution in [0.3, 0.4) is 0 Å². The Hall–Kier alpha value is -1.45. The van der Waals surface area contributed by atoms with Gasteiger partial charge in [-0.25, -0.2) is 0 Å². The number of benzene rings is 1. The highest BCUT2D eigenvalue weighted by atomic mass is 32.1. The van der Waals surface area contributed by atoms with Crippen molar-refractivity contribution in [1.82, 2.24) is 10.2 Å². The van der Waals surface area contributed by atoms with Crippen LogP contribution in [-0.2, 0) is 6.42 Å². The lowest BCUT2D eigenvalue weighted by molar-refractivity contribution is 0.267. The largest absolute Gasteiger partial charge is 0.374 e. The molecule has 0 bridgehead atoms. The van der Waals surface area contributed by atoms with Gasteiger partial charge in [-0.15, -0.1) is 0 Å². The average molecular weight is 385 g/mol. The minimum absolute atomic E-state index is 0.623. The molecule has 1 aromatic rings. The molecular formula is C24H36N2S. The van der Waals surface area contributed by atoms with Gasteiger partial charge in [0.1, 0.15) is 4.99 Å². The average Bonchev–Trinajstić information content (AvgIpc) is 3.12. The topological polar surface area (TPSA) is 15.3 Å². The number of hydrogen-bond acceptors (Lipinski definition) is 2. The molecule has 1 atom stereocenters. The maximum absolute atomic E-state index is 5.74. The van der Waals surface area contributed by atoms with Crippen LogP contribution in [-0.4, -0.2) is 35.6 Å². The summed E-state index contributed by atoms with van der Waals surface area (Å²) in [5.74, 6) is 0. The maximum Gasteiger partial charge on any atom is 0.106 e. The van der Waals surface area contributed by atoms with Gasteiger partial charge in [0.05, 0.1) is 0 Å². The van der Waals surface area contributed by atoms with Crippen molar-refractivity contribution >= 4 is 17.2 Å². The van der Waals surface area contributed by atoms with E-state index in [1.165, 1.54) is 41.7 Å². The van der Waals surface area contributed by atoms with E-state index in [2.05, 4.69) is 74.3 Å². The van der Waals surface area contributed by atoms with E-state index in [9.17, 15) is 0 Å². The first-order valence-corrected chi connectivity index (χ1v) is 10.8. The molecule has 1 N–H and O–H groups in total. The monoisotopic (exact) mass is 384 g/mol. The highest BCUT2D eigenvalue weighted by molar-refractivity contribution is 7.80. The van der Waals surface area contributed by atoms with Gasteiger partial charge in [0, 0.05) is 18.2 Å². The third kappa shape index (κ3) is 7.23. The van der Waals surface area contributed by atoms with Gasteiger partial charge < -0.3 is 5.32 Å². The summed E-state index contributed by atoms with van der Waals surface area (Å²) in [6.45, 7) is 12.1. The Bertz CT molecular complexity index is 671. The van der Waals surface area contributed by atoms with E-state index < -0.39 is 0 Å². The van der Waals surface area contributed by atoms with Crippen LogP contribution in [0.15, 0.2) is 47.6 Å². The van der Waals surface area contributed by atoms with Crippen molar-refractivity contribution in [3.05, 3.63) is 58.7 Å². The number of hydrogen-bond donors (Lipinski definition) is 1. The van der Waals surface area contributed by atoms with Crippen LogP contribution < -0.4 is 5.32 Å². The lowest BCUT2D eigenvalue weighted by Gasteiger charge is -2.24. The van der Waals surface area contributed by atoms with Crippen LogP contribution >= 0.6 is 12.2 Å². The predicted octanol–water partition coefficient (Wildman–Crippen LogP) is 5.67. The summed E-state index contributed by atoms with van der Waals surface area (Å²) in [4.78, 5) is 3.45. The van der Waals surface area contributed by atoms with E-state index in [1.807, 2.05) is 0 Å². The molecule has 1 aromatic carbocycles. The Morgan fingerprint density at radius 2 is 2.00 bits per heavy atom. The molecule has 3 heteroatoms. The van der Waals surface area contributed by atoms with Gasteiger partial charge in [0.2, 0.25) is 0 Å². The standard InChI is InChI=1S/C24H36N2S/c1-5-26-17-9-13-22(26)18-25-24(27)23-14-7-6-12-21(23)16-15-20(4)11-8-10-19(2)3/h6-7,10,12,14-15,22H,5,8-9,11,13,16-18H2,1-4H3,(H,25,27)/b20-15+. The lowest BCUT2D eigenvalue weighted by Crippen LogP contribution is -2.39. The van der Waals surface area contributed by atoms with Crippen LogP contribution in [0.1, 0.15) is 64.5 Å². The molecule has 0 radical (unpaired) electrons. The summed E-state index contributed by atoms with van der Waals surface area (Å²) >= 11 is 5.74. The molecule has 1 heterocycles. The first-order valence-electron chi connectivity index (χ1n) is 10.4. The number of nitrogens with zero attached hydrogens (tertiary/aromatic N) is 1. The summed E-state index contributed by atoms with van der Waals surface area (Å²) in [7, 11) is 0. The summed E-state index contributed by atoms with van der Waals surface area (Å²) in [6, 6.07) is 9.19. The Kier molecular flexibility index (Phi) is 9.23. The number of thiocarbonyl (C=S) groups is 1. The van der Waals surface area contributed by atoms with Gasteiger partial charge in [-0.3, -0.25) is 4.90 Å². The molecule has 0 aromatic heterocycles. The molecule has 1 unspecified atom stereocenters. The smallest absolute Gasteiger partial charge is 0.106 e. The van der Waals surface area contributed by atoms with E-state index >= 15 is 0 Å². The number of allylic oxidation sites excluding steroid dienone is 4. The van der Waals surface area contributed by atoms with Gasteiger partial charge in [0.15, 0.2) is 0 Å². The molecule has 0 spiro atoms. The van der Waals surface area contributed by atoms with E-state index in [-0.39, 0.29) is 0 Å². The fourth-order valence-corrected chi connectivity index (χ4v) is 4.03. The van der Waals surface area contributed by atoms with Crippen LogP contribution in [0, 0.1) is 0 Å². The molecule has 1 fully saturated rings. The van der Waals surface area contributed by atoms with Crippen LogP contribution in [0.2, 0.25) is 0 Å². The fourth-order valence-electron chi connectivity index (χ4n) is 3.74. The van der Waals surface area contributed by atoms with Crippen molar-refractivity contribution in [1.29, 1.82) is 0 Å². The second-order valence-electron chi connectivity index (χ2n) is 7.87. The molecule has 0 saturated carbocycles. The molecule has 1 aliphatic rings. The van der Waals surface area contributed by atoms with Gasteiger partial charge in [-0.1, -0.05) is 66.7 Å². The van der Waals surface area contributed by atoms with Crippen molar-refractivity contribution in [3.63, 3.8) is 0 Å². The van der Waals surface area contributed by atoms with Crippen molar-refractivity contribution in [2.24, 2.45) is 0 Å². The number of likely N-dealkylation sites (tertiary alicyclic amines) is 1. The van der Waals surface area contributed by atoms with Crippen molar-refractivity contribution in [2.45, 2.75) is 65.8 Å². The van der Waals surface area contributed by atoms with Gasteiger partial charge in [0.25, 0.3) is 0 Å². The Balaban J connectivity index is 1.93. The van der Waals surface area contributed by atoms with Crippen molar-refractivity contribution in [3.8, 4) is 0 Å². The fraction of sp³-hybridized carbons (Fsp3) is 0.542. The molecule has 0 amide bonds. The predicted molar refractivity (Wildman–Crippen MR) is 123 cm³/mol. The zero-order chi connectivity index (χ0) is 19.6. The first kappa shape index (κ1) is 21.8. The lowest BCUT2D eigenvalue weighted by atomic mass is 10.0. The second-order valence-corrected chi connectivity index (χ2v) is 8.27. The SMILES string of the molecule is CCN1CCCC1CNC(=S)c1ccccc1C/C=C(\C)CCC=C(C)C. The Morgan fingerprint density at radius 1 is 1.22 bits per heavy atom. The van der Waals surface area contributed by atoms with Crippen molar-refractivity contribution < 1.29 is 0 Å². The highest BCUT2D eigenvalue weighted by Crippen LogP contribution is 2.17. The summed E-state index contributed by atoms with van der Waals surface area (Å²) in [6.07, 6.45) is 10.5. The summed E-state index contributed by atoms with van der Waals surface area (Å²) < 4.78 is 0. The molecular weight excluding hydrogens is 348 g/mol. The Labute approximate surface area is 171 Å². The maximum atomic E-state index is 5.74. The molecule has 1 aliphatic heterocycles. The minimum atomic E-state index is 0.623. The molecule has 1 saturated heterocycles. The van der Waals surface area contributed by atoms with Crippen LogP contribution in [0.5, 0.6) is 0 Å². The second kappa shape index (κ2) is 11.4. The van der Waals surface area contributed by atoms with E-state index in [0.29, 0.717) is 6.04 Å². The quantitative estimate of drug-likeness (QED) is 0.436. The minimum Gasteiger partial charge on any atom is -0.374 e. The van der Waals surface area contributed by atoms with Crippen molar-refractivity contribution in [2.75, 3.05) is 19.6 Å². The van der Waals surface area contributed by atoms with Crippen LogP contribution in [0.25, 0.3) is 0 Å². The molecule has 27 heavy (non-hydrogen) atoms. The summed E-state index contributed by atoms with van der Waals surface area (Å²) in [5.41, 5.74) is 5.34. The van der Waals surface area contributed by atoms with E-state index in [4.69, 9.17) is 12.2 Å². The van der Waals surface area contributed by atoms with Gasteiger partial charge in [-0.05, 0) is 71.5 Å². The Morgan fingerprint density at radius 3 is 2.74 bits per heavy atom. The third-order valence-corrected chi connectivity index (χ3v) is 5.79. The van der Waals surface area contributed by atoms with E-state index in [0.717, 1.165) is 37.3 Å². The molecule has 2 nitrogen and oxygen atoms in total. The van der Waals surface area contributed by atoms with Crippen LogP contribution in [0.4, 0.5) is 0 Å². The van der Waals surface area contributed by atoms with E-state index in [1.54, 1.807) is 0 Å². The highest BCUT2D eigenvalue weighted by Gasteiger charge is 2.22. The zero-order valence-electron chi connectivity index (χ0n) is 17.6.